The first-order valence-corrected chi connectivity index (χ1v) is 7.19. The van der Waals surface area contributed by atoms with Crippen LogP contribution in [0, 0.1) is 0 Å². The Hall–Kier alpha value is -1.59. The number of hydrogen-bond donors (Lipinski definition) is 2. The van der Waals surface area contributed by atoms with Crippen molar-refractivity contribution in [2.45, 2.75) is 25.0 Å². The van der Waals surface area contributed by atoms with E-state index in [-0.39, 0.29) is 5.91 Å². The standard InChI is InChI=1S/C15H21N3O2/c16-12-3-1-11(2-4-12)14(19)10-17-7-8-18-13(9-17)5-6-15(18)20/h1-4,13-14,19H,5-10,16H2. The number of benzene rings is 1. The minimum Gasteiger partial charge on any atom is -0.399 e. The number of rotatable bonds is 3. The molecule has 2 heterocycles. The van der Waals surface area contributed by atoms with E-state index in [4.69, 9.17) is 5.73 Å². The van der Waals surface area contributed by atoms with Crippen molar-refractivity contribution in [1.29, 1.82) is 0 Å². The molecule has 0 aromatic heterocycles. The molecule has 5 heteroatoms. The second kappa shape index (κ2) is 5.42. The molecule has 1 aromatic rings. The summed E-state index contributed by atoms with van der Waals surface area (Å²) >= 11 is 0. The largest absolute Gasteiger partial charge is 0.399 e. The molecule has 2 aliphatic rings. The van der Waals surface area contributed by atoms with Gasteiger partial charge in [0.15, 0.2) is 0 Å². The molecular formula is C15H21N3O2. The number of nitrogens with zero attached hydrogens (tertiary/aromatic N) is 2. The molecule has 2 aliphatic heterocycles. The van der Waals surface area contributed by atoms with Crippen LogP contribution in [-0.2, 0) is 4.79 Å². The maximum absolute atomic E-state index is 11.6. The average molecular weight is 275 g/mol. The Bertz CT molecular complexity index is 488. The fraction of sp³-hybridized carbons (Fsp3) is 0.533. The van der Waals surface area contributed by atoms with Gasteiger partial charge in [-0.25, -0.2) is 0 Å². The van der Waals surface area contributed by atoms with Crippen molar-refractivity contribution in [3.05, 3.63) is 29.8 Å². The predicted molar refractivity (Wildman–Crippen MR) is 77.0 cm³/mol. The van der Waals surface area contributed by atoms with Gasteiger partial charge >= 0.3 is 0 Å². The average Bonchev–Trinajstić information content (AvgIpc) is 2.81. The van der Waals surface area contributed by atoms with Gasteiger partial charge in [0.05, 0.1) is 6.10 Å². The van der Waals surface area contributed by atoms with Crippen LogP contribution in [0.4, 0.5) is 5.69 Å². The summed E-state index contributed by atoms with van der Waals surface area (Å²) in [7, 11) is 0. The lowest BCUT2D eigenvalue weighted by Gasteiger charge is -2.38. The topological polar surface area (TPSA) is 69.8 Å². The zero-order chi connectivity index (χ0) is 14.1. The lowest BCUT2D eigenvalue weighted by atomic mass is 10.1. The lowest BCUT2D eigenvalue weighted by molar-refractivity contribution is -0.130. The second-order valence-corrected chi connectivity index (χ2v) is 5.72. The first kappa shape index (κ1) is 13.4. The molecule has 2 atom stereocenters. The summed E-state index contributed by atoms with van der Waals surface area (Å²) in [4.78, 5) is 15.9. The third-order valence-electron chi connectivity index (χ3n) is 4.33. The molecule has 1 aromatic carbocycles. The molecule has 0 saturated carbocycles. The van der Waals surface area contributed by atoms with Crippen molar-refractivity contribution >= 4 is 11.6 Å². The summed E-state index contributed by atoms with van der Waals surface area (Å²) in [5, 5.41) is 10.3. The zero-order valence-corrected chi connectivity index (χ0v) is 11.5. The Morgan fingerprint density at radius 1 is 1.30 bits per heavy atom. The van der Waals surface area contributed by atoms with Gasteiger partial charge < -0.3 is 15.7 Å². The van der Waals surface area contributed by atoms with E-state index in [1.807, 2.05) is 29.2 Å². The van der Waals surface area contributed by atoms with E-state index in [0.717, 1.165) is 31.6 Å². The van der Waals surface area contributed by atoms with E-state index in [1.54, 1.807) is 0 Å². The molecule has 5 nitrogen and oxygen atoms in total. The predicted octanol–water partition coefficient (Wildman–Crippen LogP) is 0.609. The van der Waals surface area contributed by atoms with Gasteiger partial charge in [0.25, 0.3) is 0 Å². The minimum atomic E-state index is -0.501. The fourth-order valence-electron chi connectivity index (χ4n) is 3.16. The highest BCUT2D eigenvalue weighted by molar-refractivity contribution is 5.78. The van der Waals surface area contributed by atoms with Crippen LogP contribution in [0.3, 0.4) is 0 Å². The number of carbonyl (C=O) groups is 1. The molecule has 3 rings (SSSR count). The number of aliphatic hydroxyl groups excluding tert-OH is 1. The van der Waals surface area contributed by atoms with Crippen molar-refractivity contribution in [2.75, 3.05) is 31.9 Å². The zero-order valence-electron chi connectivity index (χ0n) is 11.5. The van der Waals surface area contributed by atoms with Gasteiger partial charge in [-0.05, 0) is 24.1 Å². The van der Waals surface area contributed by atoms with Crippen LogP contribution in [0.25, 0.3) is 0 Å². The number of fused-ring (bicyclic) bond motifs is 1. The molecule has 0 radical (unpaired) electrons. The van der Waals surface area contributed by atoms with Crippen molar-refractivity contribution in [1.82, 2.24) is 9.80 Å². The quantitative estimate of drug-likeness (QED) is 0.793. The van der Waals surface area contributed by atoms with Gasteiger partial charge in [-0.15, -0.1) is 0 Å². The first-order chi connectivity index (χ1) is 9.63. The van der Waals surface area contributed by atoms with Gasteiger partial charge in [-0.1, -0.05) is 12.1 Å². The van der Waals surface area contributed by atoms with Crippen molar-refractivity contribution in [3.8, 4) is 0 Å². The number of nitrogens with two attached hydrogens (primary N) is 1. The third-order valence-corrected chi connectivity index (χ3v) is 4.33. The highest BCUT2D eigenvalue weighted by Gasteiger charge is 2.35. The van der Waals surface area contributed by atoms with E-state index in [9.17, 15) is 9.90 Å². The third kappa shape index (κ3) is 2.64. The highest BCUT2D eigenvalue weighted by Crippen LogP contribution is 2.24. The molecular weight excluding hydrogens is 254 g/mol. The van der Waals surface area contributed by atoms with Crippen molar-refractivity contribution in [2.24, 2.45) is 0 Å². The van der Waals surface area contributed by atoms with Gasteiger partial charge in [-0.3, -0.25) is 9.69 Å². The second-order valence-electron chi connectivity index (χ2n) is 5.72. The first-order valence-electron chi connectivity index (χ1n) is 7.19. The number of nitrogen functional groups attached to an aromatic ring is 1. The van der Waals surface area contributed by atoms with E-state index in [0.29, 0.717) is 24.7 Å². The van der Waals surface area contributed by atoms with Gasteiger partial charge in [-0.2, -0.15) is 0 Å². The Labute approximate surface area is 119 Å². The fourth-order valence-corrected chi connectivity index (χ4v) is 3.16. The highest BCUT2D eigenvalue weighted by atomic mass is 16.3. The van der Waals surface area contributed by atoms with E-state index in [1.165, 1.54) is 0 Å². The molecule has 2 saturated heterocycles. The van der Waals surface area contributed by atoms with Crippen LogP contribution < -0.4 is 5.73 Å². The summed E-state index contributed by atoms with van der Waals surface area (Å²) in [5.74, 6) is 0.286. The number of aliphatic hydroxyl groups is 1. The Balaban J connectivity index is 1.58. The Morgan fingerprint density at radius 3 is 2.80 bits per heavy atom. The van der Waals surface area contributed by atoms with Gasteiger partial charge in [0.2, 0.25) is 5.91 Å². The molecule has 20 heavy (non-hydrogen) atoms. The monoisotopic (exact) mass is 275 g/mol. The van der Waals surface area contributed by atoms with Crippen molar-refractivity contribution in [3.63, 3.8) is 0 Å². The van der Waals surface area contributed by atoms with Gasteiger partial charge in [0, 0.05) is 44.3 Å². The number of hydrogen-bond acceptors (Lipinski definition) is 4. The van der Waals surface area contributed by atoms with Crippen LogP contribution in [0.5, 0.6) is 0 Å². The molecule has 2 unspecified atom stereocenters. The number of amides is 1. The van der Waals surface area contributed by atoms with Gasteiger partial charge in [0.1, 0.15) is 0 Å². The molecule has 2 fully saturated rings. The van der Waals surface area contributed by atoms with E-state index < -0.39 is 6.10 Å². The lowest BCUT2D eigenvalue weighted by Crippen LogP contribution is -2.52. The van der Waals surface area contributed by atoms with Crippen molar-refractivity contribution < 1.29 is 9.90 Å². The van der Waals surface area contributed by atoms with Crippen LogP contribution in [0.2, 0.25) is 0 Å². The SMILES string of the molecule is Nc1ccc(C(O)CN2CCN3C(=O)CCC3C2)cc1. The Kier molecular flexibility index (Phi) is 3.63. The smallest absolute Gasteiger partial charge is 0.222 e. The summed E-state index contributed by atoms with van der Waals surface area (Å²) in [5.41, 5.74) is 7.25. The number of carbonyl (C=O) groups excluding carboxylic acids is 1. The number of anilines is 1. The summed E-state index contributed by atoms with van der Waals surface area (Å²) in [6.45, 7) is 3.12. The normalized spacial score (nSPS) is 24.8. The molecule has 0 aliphatic carbocycles. The summed E-state index contributed by atoms with van der Waals surface area (Å²) in [6.07, 6.45) is 1.13. The Morgan fingerprint density at radius 2 is 2.05 bits per heavy atom. The van der Waals surface area contributed by atoms with Crippen LogP contribution >= 0.6 is 0 Å². The molecule has 0 bridgehead atoms. The maximum Gasteiger partial charge on any atom is 0.222 e. The molecule has 108 valence electrons. The number of β-amino-alcohol motifs (C(OH)–C–C–N with tert-alkyl or cyclic N) is 1. The summed E-state index contributed by atoms with van der Waals surface area (Å²) in [6, 6.07) is 7.71. The van der Waals surface area contributed by atoms with Crippen LogP contribution in [0.15, 0.2) is 24.3 Å². The van der Waals surface area contributed by atoms with Crippen LogP contribution in [-0.4, -0.2) is 53.0 Å². The summed E-state index contributed by atoms with van der Waals surface area (Å²) < 4.78 is 0. The van der Waals surface area contributed by atoms with Crippen LogP contribution in [0.1, 0.15) is 24.5 Å². The number of piperazine rings is 1. The maximum atomic E-state index is 11.6. The molecule has 0 spiro atoms. The molecule has 3 N–H and O–H groups in total. The minimum absolute atomic E-state index is 0.286. The van der Waals surface area contributed by atoms with E-state index in [2.05, 4.69) is 4.90 Å². The molecule has 1 amide bonds. The van der Waals surface area contributed by atoms with E-state index >= 15 is 0 Å².